The number of halogens is 2. The first-order valence-corrected chi connectivity index (χ1v) is 10.7. The summed E-state index contributed by atoms with van der Waals surface area (Å²) in [5, 5.41) is 2.77. The number of hydrogen-bond acceptors (Lipinski definition) is 6. The number of hydrogen-bond donors (Lipinski definition) is 1. The van der Waals surface area contributed by atoms with E-state index in [2.05, 4.69) is 27.0 Å². The number of rotatable bonds is 6. The minimum atomic E-state index is -0.738. The zero-order valence-electron chi connectivity index (χ0n) is 18.6. The van der Waals surface area contributed by atoms with Crippen LogP contribution in [0.2, 0.25) is 0 Å². The molecule has 0 atom stereocenters. The zero-order valence-corrected chi connectivity index (χ0v) is 18.6. The summed E-state index contributed by atoms with van der Waals surface area (Å²) in [5.41, 5.74) is 1.49. The van der Waals surface area contributed by atoms with Gasteiger partial charge in [0.05, 0.1) is 38.1 Å². The molecule has 0 radical (unpaired) electrons. The van der Waals surface area contributed by atoms with E-state index in [1.165, 1.54) is 19.4 Å². The molecule has 1 fully saturated rings. The molecule has 0 aliphatic carbocycles. The van der Waals surface area contributed by atoms with Gasteiger partial charge < -0.3 is 14.8 Å². The quantitative estimate of drug-likeness (QED) is 0.440. The second-order valence-electron chi connectivity index (χ2n) is 7.62. The van der Waals surface area contributed by atoms with Crippen molar-refractivity contribution in [1.29, 1.82) is 0 Å². The van der Waals surface area contributed by atoms with Gasteiger partial charge in [0, 0.05) is 36.5 Å². The molecular formula is C26H23F2N3O3. The minimum Gasteiger partial charge on any atom is -0.496 e. The highest BCUT2D eigenvalue weighted by atomic mass is 19.1. The van der Waals surface area contributed by atoms with Crippen molar-refractivity contribution in [3.63, 3.8) is 0 Å². The molecule has 2 heterocycles. The lowest BCUT2D eigenvalue weighted by Crippen LogP contribution is -2.36. The Morgan fingerprint density at radius 2 is 1.97 bits per heavy atom. The summed E-state index contributed by atoms with van der Waals surface area (Å²) in [4.78, 5) is 19.5. The van der Waals surface area contributed by atoms with Gasteiger partial charge in [0.15, 0.2) is 5.78 Å². The number of anilines is 2. The molecule has 4 rings (SSSR count). The molecule has 0 amide bonds. The van der Waals surface area contributed by atoms with Gasteiger partial charge in [0.2, 0.25) is 0 Å². The van der Waals surface area contributed by atoms with E-state index < -0.39 is 11.6 Å². The van der Waals surface area contributed by atoms with Gasteiger partial charge in [0.1, 0.15) is 23.2 Å². The maximum absolute atomic E-state index is 13.9. The Bertz CT molecular complexity index is 1230. The Balaban J connectivity index is 1.49. The molecule has 0 spiro atoms. The lowest BCUT2D eigenvalue weighted by Gasteiger charge is -2.24. The van der Waals surface area contributed by atoms with Crippen LogP contribution in [0.5, 0.6) is 5.75 Å². The number of nitrogens with zero attached hydrogens (tertiary/aromatic N) is 2. The van der Waals surface area contributed by atoms with Gasteiger partial charge in [-0.25, -0.2) is 13.8 Å². The molecule has 3 aromatic rings. The normalized spacial score (nSPS) is 13.6. The van der Waals surface area contributed by atoms with Crippen LogP contribution in [-0.2, 0) is 4.74 Å². The van der Waals surface area contributed by atoms with E-state index in [1.807, 2.05) is 6.07 Å². The third-order valence-corrected chi connectivity index (χ3v) is 5.30. The predicted octanol–water partition coefficient (Wildman–Crippen LogP) is 4.03. The maximum Gasteiger partial charge on any atom is 0.198 e. The van der Waals surface area contributed by atoms with Gasteiger partial charge in [-0.15, -0.1) is 0 Å². The van der Waals surface area contributed by atoms with Crippen molar-refractivity contribution in [2.75, 3.05) is 45.3 Å². The predicted molar refractivity (Wildman–Crippen MR) is 124 cm³/mol. The standard InChI is InChI=1S/C26H23F2N3O3/c1-33-24-8-4-18(3-2-10-31-11-13-34-14-12-31)15-21(24)26(32)19-5-9-25(29-17-19)30-23-7-6-20(27)16-22(23)28/h4-9,15-17H,10-14H2,1H3,(H,29,30). The molecule has 1 N–H and O–H groups in total. The highest BCUT2D eigenvalue weighted by Crippen LogP contribution is 2.24. The van der Waals surface area contributed by atoms with Crippen molar-refractivity contribution < 1.29 is 23.0 Å². The fourth-order valence-electron chi connectivity index (χ4n) is 3.46. The molecule has 2 aromatic carbocycles. The van der Waals surface area contributed by atoms with Crippen LogP contribution in [0.15, 0.2) is 54.7 Å². The van der Waals surface area contributed by atoms with Crippen molar-refractivity contribution >= 4 is 17.3 Å². The van der Waals surface area contributed by atoms with Crippen LogP contribution in [0.25, 0.3) is 0 Å². The number of methoxy groups -OCH3 is 1. The lowest BCUT2D eigenvalue weighted by atomic mass is 10.0. The monoisotopic (exact) mass is 463 g/mol. The number of pyridine rings is 1. The first-order valence-electron chi connectivity index (χ1n) is 10.7. The lowest BCUT2D eigenvalue weighted by molar-refractivity contribution is 0.0443. The summed E-state index contributed by atoms with van der Waals surface area (Å²) < 4.78 is 37.7. The van der Waals surface area contributed by atoms with Gasteiger partial charge >= 0.3 is 0 Å². The number of ketones is 1. The Kier molecular flexibility index (Phi) is 7.48. The van der Waals surface area contributed by atoms with Crippen molar-refractivity contribution in [2.24, 2.45) is 0 Å². The fraction of sp³-hybridized carbons (Fsp3) is 0.231. The van der Waals surface area contributed by atoms with Crippen LogP contribution in [0.4, 0.5) is 20.3 Å². The van der Waals surface area contributed by atoms with Crippen LogP contribution in [0, 0.1) is 23.5 Å². The number of benzene rings is 2. The van der Waals surface area contributed by atoms with Gasteiger partial charge in [-0.2, -0.15) is 0 Å². The maximum atomic E-state index is 13.9. The number of nitrogens with one attached hydrogen (secondary N) is 1. The van der Waals surface area contributed by atoms with E-state index in [1.54, 1.807) is 24.3 Å². The summed E-state index contributed by atoms with van der Waals surface area (Å²) >= 11 is 0. The van der Waals surface area contributed by atoms with E-state index in [9.17, 15) is 13.6 Å². The molecule has 0 unspecified atom stereocenters. The number of carbonyl (C=O) groups is 1. The van der Waals surface area contributed by atoms with Crippen molar-refractivity contribution in [3.05, 3.63) is 83.1 Å². The molecule has 8 heteroatoms. The third kappa shape index (κ3) is 5.76. The Hall–Kier alpha value is -3.80. The van der Waals surface area contributed by atoms with E-state index in [0.29, 0.717) is 48.0 Å². The Morgan fingerprint density at radius 1 is 1.15 bits per heavy atom. The molecule has 174 valence electrons. The van der Waals surface area contributed by atoms with E-state index in [4.69, 9.17) is 9.47 Å². The molecule has 1 aliphatic heterocycles. The summed E-state index contributed by atoms with van der Waals surface area (Å²) in [6.45, 7) is 3.76. The van der Waals surface area contributed by atoms with Crippen molar-refractivity contribution in [2.45, 2.75) is 0 Å². The summed E-state index contributed by atoms with van der Waals surface area (Å²) in [7, 11) is 1.50. The fourth-order valence-corrected chi connectivity index (χ4v) is 3.46. The number of aromatic nitrogens is 1. The van der Waals surface area contributed by atoms with E-state index >= 15 is 0 Å². The number of morpholine rings is 1. The van der Waals surface area contributed by atoms with Crippen molar-refractivity contribution in [3.8, 4) is 17.6 Å². The van der Waals surface area contributed by atoms with Gasteiger partial charge in [-0.05, 0) is 42.5 Å². The van der Waals surface area contributed by atoms with Crippen LogP contribution in [-0.4, -0.2) is 55.6 Å². The Labute approximate surface area is 196 Å². The Morgan fingerprint density at radius 3 is 2.68 bits per heavy atom. The smallest absolute Gasteiger partial charge is 0.198 e. The summed E-state index contributed by atoms with van der Waals surface area (Å²) in [6, 6.07) is 11.6. The van der Waals surface area contributed by atoms with Crippen LogP contribution in [0.1, 0.15) is 21.5 Å². The van der Waals surface area contributed by atoms with Crippen molar-refractivity contribution in [1.82, 2.24) is 9.88 Å². The summed E-state index contributed by atoms with van der Waals surface area (Å²) in [5.74, 6) is 5.32. The first kappa shape index (κ1) is 23.4. The zero-order chi connectivity index (χ0) is 23.9. The molecule has 0 saturated carbocycles. The number of ether oxygens (including phenoxy) is 2. The summed E-state index contributed by atoms with van der Waals surface area (Å²) in [6.07, 6.45) is 1.39. The minimum absolute atomic E-state index is 0.0815. The van der Waals surface area contributed by atoms with Crippen LogP contribution >= 0.6 is 0 Å². The largest absolute Gasteiger partial charge is 0.496 e. The van der Waals surface area contributed by atoms with E-state index in [0.717, 1.165) is 25.2 Å². The topological polar surface area (TPSA) is 63.7 Å². The molecule has 6 nitrogen and oxygen atoms in total. The van der Waals surface area contributed by atoms with Gasteiger partial charge in [-0.1, -0.05) is 11.8 Å². The highest BCUT2D eigenvalue weighted by molar-refractivity contribution is 6.10. The molecule has 34 heavy (non-hydrogen) atoms. The number of carbonyl (C=O) groups excluding carboxylic acids is 1. The second-order valence-corrected chi connectivity index (χ2v) is 7.62. The average Bonchev–Trinajstić information content (AvgIpc) is 2.86. The second kappa shape index (κ2) is 10.9. The SMILES string of the molecule is COc1ccc(C#CCN2CCOCC2)cc1C(=O)c1ccc(Nc2ccc(F)cc2F)nc1. The van der Waals surface area contributed by atoms with E-state index in [-0.39, 0.29) is 11.5 Å². The van der Waals surface area contributed by atoms with Crippen LogP contribution in [0.3, 0.4) is 0 Å². The van der Waals surface area contributed by atoms with Gasteiger partial charge in [-0.3, -0.25) is 9.69 Å². The first-order chi connectivity index (χ1) is 16.5. The van der Waals surface area contributed by atoms with Crippen LogP contribution < -0.4 is 10.1 Å². The molecule has 1 aliphatic rings. The molecule has 0 bridgehead atoms. The van der Waals surface area contributed by atoms with Gasteiger partial charge in [0.25, 0.3) is 0 Å². The molecule has 1 saturated heterocycles. The molecular weight excluding hydrogens is 440 g/mol. The third-order valence-electron chi connectivity index (χ3n) is 5.30. The average molecular weight is 463 g/mol. The molecule has 1 aromatic heterocycles. The highest BCUT2D eigenvalue weighted by Gasteiger charge is 2.16.